The number of nitrogens with one attached hydrogen (secondary N) is 1. The van der Waals surface area contributed by atoms with Crippen molar-refractivity contribution < 1.29 is 28.7 Å². The molecule has 1 N–H and O–H groups in total. The first kappa shape index (κ1) is 25.1. The molecule has 1 aliphatic rings. The van der Waals surface area contributed by atoms with Gasteiger partial charge in [0.2, 0.25) is 5.91 Å². The highest BCUT2D eigenvalue weighted by Gasteiger charge is 2.45. The molecule has 178 valence electrons. The average molecular weight is 504 g/mol. The number of hydrogen-bond acceptors (Lipinski definition) is 7. The quantitative estimate of drug-likeness (QED) is 0.433. The van der Waals surface area contributed by atoms with Crippen LogP contribution in [-0.2, 0) is 23.9 Å². The van der Waals surface area contributed by atoms with E-state index in [1.54, 1.807) is 43.3 Å². The van der Waals surface area contributed by atoms with Crippen molar-refractivity contribution in [2.24, 2.45) is 0 Å². The second-order valence-corrected chi connectivity index (χ2v) is 8.00. The second-order valence-electron chi connectivity index (χ2n) is 7.20. The molecule has 9 nitrogen and oxygen atoms in total. The van der Waals surface area contributed by atoms with Gasteiger partial charge in [0, 0.05) is 10.7 Å². The summed E-state index contributed by atoms with van der Waals surface area (Å²) < 4.78 is 9.70. The van der Waals surface area contributed by atoms with E-state index in [-0.39, 0.29) is 24.7 Å². The number of halogens is 1. The van der Waals surface area contributed by atoms with Gasteiger partial charge in [0.1, 0.15) is 12.6 Å². The van der Waals surface area contributed by atoms with Crippen LogP contribution in [0.3, 0.4) is 0 Å². The van der Waals surface area contributed by atoms with E-state index in [0.717, 1.165) is 0 Å². The first-order chi connectivity index (χ1) is 16.2. The molecule has 0 aliphatic carbocycles. The first-order valence-corrected chi connectivity index (χ1v) is 11.1. The summed E-state index contributed by atoms with van der Waals surface area (Å²) in [6, 6.07) is 11.6. The van der Waals surface area contributed by atoms with Gasteiger partial charge in [-0.3, -0.25) is 19.3 Å². The summed E-state index contributed by atoms with van der Waals surface area (Å²) in [4.78, 5) is 52.5. The van der Waals surface area contributed by atoms with Crippen LogP contribution in [0.15, 0.2) is 48.5 Å². The highest BCUT2D eigenvalue weighted by Crippen LogP contribution is 2.28. The maximum Gasteiger partial charge on any atom is 0.338 e. The van der Waals surface area contributed by atoms with Gasteiger partial charge < -0.3 is 19.7 Å². The Labute approximate surface area is 206 Å². The van der Waals surface area contributed by atoms with Crippen LogP contribution in [0.4, 0.5) is 11.4 Å². The summed E-state index contributed by atoms with van der Waals surface area (Å²) in [5.41, 5.74) is 1.21. The van der Waals surface area contributed by atoms with Gasteiger partial charge in [0.05, 0.1) is 31.4 Å². The van der Waals surface area contributed by atoms with Crippen LogP contribution in [0.2, 0.25) is 5.02 Å². The normalized spacial score (nSPS) is 15.3. The SMILES string of the molecule is CCOC(=O)c1ccc(N2C(=O)[C@@H](CC(=O)Nc3ccc(Cl)cc3)N(CC(=O)OC)C2=S)cc1. The fraction of sp³-hybridized carbons (Fsp3) is 0.261. The number of rotatable bonds is 8. The molecule has 1 atom stereocenters. The molecule has 0 radical (unpaired) electrons. The molecule has 1 aliphatic heterocycles. The third-order valence-corrected chi connectivity index (χ3v) is 5.66. The van der Waals surface area contributed by atoms with Gasteiger partial charge in [-0.15, -0.1) is 0 Å². The summed E-state index contributed by atoms with van der Waals surface area (Å²) in [6.45, 7) is 1.63. The van der Waals surface area contributed by atoms with Crippen LogP contribution in [-0.4, -0.2) is 60.1 Å². The van der Waals surface area contributed by atoms with E-state index in [9.17, 15) is 19.2 Å². The molecule has 0 spiro atoms. The molecule has 1 heterocycles. The topological polar surface area (TPSA) is 105 Å². The first-order valence-electron chi connectivity index (χ1n) is 10.3. The fourth-order valence-electron chi connectivity index (χ4n) is 3.34. The van der Waals surface area contributed by atoms with Crippen LogP contribution in [0, 0.1) is 0 Å². The van der Waals surface area contributed by atoms with Gasteiger partial charge in [0.15, 0.2) is 5.11 Å². The van der Waals surface area contributed by atoms with E-state index in [1.807, 2.05) is 0 Å². The van der Waals surface area contributed by atoms with Crippen LogP contribution in [0.5, 0.6) is 0 Å². The van der Waals surface area contributed by atoms with Crippen LogP contribution >= 0.6 is 23.8 Å². The summed E-state index contributed by atoms with van der Waals surface area (Å²) in [5, 5.41) is 3.26. The van der Waals surface area contributed by atoms with E-state index < -0.39 is 29.8 Å². The van der Waals surface area contributed by atoms with E-state index in [4.69, 9.17) is 33.3 Å². The van der Waals surface area contributed by atoms with Gasteiger partial charge in [-0.1, -0.05) is 11.6 Å². The van der Waals surface area contributed by atoms with Crippen LogP contribution < -0.4 is 10.2 Å². The molecule has 3 rings (SSSR count). The van der Waals surface area contributed by atoms with Gasteiger partial charge in [-0.05, 0) is 67.7 Å². The zero-order valence-electron chi connectivity index (χ0n) is 18.4. The monoisotopic (exact) mass is 503 g/mol. The third-order valence-electron chi connectivity index (χ3n) is 4.99. The smallest absolute Gasteiger partial charge is 0.338 e. The Morgan fingerprint density at radius 2 is 1.74 bits per heavy atom. The Morgan fingerprint density at radius 1 is 1.09 bits per heavy atom. The fourth-order valence-corrected chi connectivity index (χ4v) is 3.85. The van der Waals surface area contributed by atoms with Crippen LogP contribution in [0.25, 0.3) is 0 Å². The molecule has 34 heavy (non-hydrogen) atoms. The molecule has 2 aromatic rings. The lowest BCUT2D eigenvalue weighted by molar-refractivity contribution is -0.141. The van der Waals surface area contributed by atoms with Crippen molar-refractivity contribution in [2.75, 3.05) is 30.5 Å². The van der Waals surface area contributed by atoms with E-state index in [1.165, 1.54) is 29.0 Å². The van der Waals surface area contributed by atoms with Crippen molar-refractivity contribution in [3.8, 4) is 0 Å². The molecular weight excluding hydrogens is 482 g/mol. The number of hydrogen-bond donors (Lipinski definition) is 1. The Hall–Kier alpha value is -3.50. The number of amides is 2. The number of carbonyl (C=O) groups excluding carboxylic acids is 4. The molecular formula is C23H22ClN3O6S. The average Bonchev–Trinajstić information content (AvgIpc) is 3.04. The molecule has 1 saturated heterocycles. The predicted molar refractivity (Wildman–Crippen MR) is 130 cm³/mol. The Bertz CT molecular complexity index is 1110. The predicted octanol–water partition coefficient (Wildman–Crippen LogP) is 3.02. The minimum absolute atomic E-state index is 0.0450. The second kappa shape index (κ2) is 11.1. The number of ether oxygens (including phenoxy) is 2. The minimum atomic E-state index is -1.02. The molecule has 11 heteroatoms. The zero-order valence-corrected chi connectivity index (χ0v) is 20.0. The molecule has 1 fully saturated rings. The Morgan fingerprint density at radius 3 is 2.32 bits per heavy atom. The third kappa shape index (κ3) is 5.70. The van der Waals surface area contributed by atoms with Gasteiger partial charge in [-0.25, -0.2) is 4.79 Å². The van der Waals surface area contributed by atoms with E-state index in [0.29, 0.717) is 22.0 Å². The molecule has 0 bridgehead atoms. The molecule has 0 aromatic heterocycles. The lowest BCUT2D eigenvalue weighted by atomic mass is 10.1. The van der Waals surface area contributed by atoms with Crippen LogP contribution in [0.1, 0.15) is 23.7 Å². The van der Waals surface area contributed by atoms with Gasteiger partial charge in [0.25, 0.3) is 5.91 Å². The number of methoxy groups -OCH3 is 1. The number of esters is 2. The van der Waals surface area contributed by atoms with Gasteiger partial charge in [-0.2, -0.15) is 0 Å². The largest absolute Gasteiger partial charge is 0.468 e. The van der Waals surface area contributed by atoms with Crippen molar-refractivity contribution in [2.45, 2.75) is 19.4 Å². The van der Waals surface area contributed by atoms with Crippen molar-refractivity contribution in [3.05, 3.63) is 59.1 Å². The Kier molecular flexibility index (Phi) is 8.19. The Balaban J connectivity index is 1.82. The summed E-state index contributed by atoms with van der Waals surface area (Å²) >= 11 is 11.3. The highest BCUT2D eigenvalue weighted by molar-refractivity contribution is 7.80. The number of nitrogens with zero attached hydrogens (tertiary/aromatic N) is 2. The number of anilines is 2. The standard InChI is InChI=1S/C23H22ClN3O6S/c1-3-33-22(31)14-4-10-17(11-5-14)27-21(30)18(26(23(27)34)13-20(29)32-2)12-19(28)25-16-8-6-15(24)7-9-16/h4-11,18H,3,12-13H2,1-2H3,(H,25,28)/t18-/m1/s1. The van der Waals surface area contributed by atoms with E-state index in [2.05, 4.69) is 5.32 Å². The van der Waals surface area contributed by atoms with Crippen molar-refractivity contribution in [1.82, 2.24) is 4.90 Å². The molecule has 2 aromatic carbocycles. The minimum Gasteiger partial charge on any atom is -0.468 e. The number of thiocarbonyl (C=S) groups is 1. The van der Waals surface area contributed by atoms with Gasteiger partial charge >= 0.3 is 11.9 Å². The van der Waals surface area contributed by atoms with Crippen molar-refractivity contribution >= 4 is 64.1 Å². The maximum atomic E-state index is 13.3. The maximum absolute atomic E-state index is 13.3. The molecule has 2 amide bonds. The lowest BCUT2D eigenvalue weighted by Gasteiger charge is -2.22. The molecule has 0 unspecified atom stereocenters. The van der Waals surface area contributed by atoms with E-state index >= 15 is 0 Å². The molecule has 0 saturated carbocycles. The summed E-state index contributed by atoms with van der Waals surface area (Å²) in [5.74, 6) is -2.03. The zero-order chi connectivity index (χ0) is 24.8. The number of carbonyl (C=O) groups is 4. The summed E-state index contributed by atoms with van der Waals surface area (Å²) in [7, 11) is 1.22. The highest BCUT2D eigenvalue weighted by atomic mass is 35.5. The van der Waals surface area contributed by atoms with Crippen molar-refractivity contribution in [3.63, 3.8) is 0 Å². The number of benzene rings is 2. The summed E-state index contributed by atoms with van der Waals surface area (Å²) in [6.07, 6.45) is -0.254. The van der Waals surface area contributed by atoms with Crippen molar-refractivity contribution in [1.29, 1.82) is 0 Å². The lowest BCUT2D eigenvalue weighted by Crippen LogP contribution is -2.41.